The van der Waals surface area contributed by atoms with Gasteiger partial charge in [-0.2, -0.15) is 0 Å². The van der Waals surface area contributed by atoms with Crippen LogP contribution in [0.3, 0.4) is 0 Å². The van der Waals surface area contributed by atoms with Crippen molar-refractivity contribution in [2.75, 3.05) is 6.54 Å². The van der Waals surface area contributed by atoms with E-state index >= 15 is 0 Å². The highest BCUT2D eigenvalue weighted by molar-refractivity contribution is 7.18. The summed E-state index contributed by atoms with van der Waals surface area (Å²) in [5, 5.41) is 10.8. The zero-order valence-electron chi connectivity index (χ0n) is 9.53. The molecule has 0 saturated heterocycles. The number of thiazole rings is 1. The van der Waals surface area contributed by atoms with Crippen LogP contribution in [0.4, 0.5) is 0 Å². The first-order chi connectivity index (χ1) is 7.50. The van der Waals surface area contributed by atoms with Crippen LogP contribution < -0.4 is 5.73 Å². The molecule has 1 aromatic carbocycles. The van der Waals surface area contributed by atoms with Crippen LogP contribution in [0.25, 0.3) is 10.2 Å². The minimum Gasteiger partial charge on any atom is -0.388 e. The lowest BCUT2D eigenvalue weighted by atomic mass is 10.0. The Morgan fingerprint density at radius 3 is 2.94 bits per heavy atom. The Morgan fingerprint density at radius 1 is 1.50 bits per heavy atom. The maximum atomic E-state index is 9.90. The van der Waals surface area contributed by atoms with Gasteiger partial charge < -0.3 is 10.8 Å². The Kier molecular flexibility index (Phi) is 2.97. The van der Waals surface area contributed by atoms with Crippen LogP contribution in [0.1, 0.15) is 17.5 Å². The lowest BCUT2D eigenvalue weighted by Gasteiger charge is -2.18. The highest BCUT2D eigenvalue weighted by Gasteiger charge is 2.20. The molecule has 0 aliphatic heterocycles. The molecule has 0 radical (unpaired) electrons. The van der Waals surface area contributed by atoms with Gasteiger partial charge in [-0.1, -0.05) is 6.07 Å². The number of benzene rings is 1. The molecule has 1 aromatic heterocycles. The Bertz CT molecular complexity index is 505. The topological polar surface area (TPSA) is 59.1 Å². The molecule has 1 heterocycles. The summed E-state index contributed by atoms with van der Waals surface area (Å²) in [4.78, 5) is 4.49. The molecule has 86 valence electrons. The van der Waals surface area contributed by atoms with Crippen LogP contribution in [0.2, 0.25) is 0 Å². The van der Waals surface area contributed by atoms with Crippen molar-refractivity contribution in [2.24, 2.45) is 5.73 Å². The van der Waals surface area contributed by atoms with Crippen molar-refractivity contribution < 1.29 is 5.11 Å². The zero-order valence-corrected chi connectivity index (χ0v) is 10.3. The second kappa shape index (κ2) is 4.13. The molecule has 0 saturated carbocycles. The second-order valence-electron chi connectivity index (χ2n) is 4.46. The van der Waals surface area contributed by atoms with E-state index in [4.69, 9.17) is 5.73 Å². The van der Waals surface area contributed by atoms with Crippen LogP contribution in [-0.2, 0) is 6.42 Å². The molecule has 0 amide bonds. The number of hydrogen-bond acceptors (Lipinski definition) is 4. The Balaban J connectivity index is 2.33. The van der Waals surface area contributed by atoms with E-state index in [0.717, 1.165) is 10.5 Å². The standard InChI is InChI=1S/C12H16N2OS/c1-8-3-4-9-10(5-8)16-11(14-9)6-12(2,15)7-13/h3-5,15H,6-7,13H2,1-2H3. The average Bonchev–Trinajstić information content (AvgIpc) is 2.58. The van der Waals surface area contributed by atoms with Crippen LogP contribution in [-0.4, -0.2) is 22.2 Å². The van der Waals surface area contributed by atoms with Crippen molar-refractivity contribution in [1.29, 1.82) is 0 Å². The number of rotatable bonds is 3. The molecule has 0 aliphatic rings. The molecular weight excluding hydrogens is 220 g/mol. The van der Waals surface area contributed by atoms with Gasteiger partial charge in [-0.3, -0.25) is 0 Å². The summed E-state index contributed by atoms with van der Waals surface area (Å²) < 4.78 is 1.17. The largest absolute Gasteiger partial charge is 0.388 e. The lowest BCUT2D eigenvalue weighted by Crippen LogP contribution is -2.36. The van der Waals surface area contributed by atoms with Crippen LogP contribution >= 0.6 is 11.3 Å². The third kappa shape index (κ3) is 2.40. The number of nitrogens with zero attached hydrogens (tertiary/aromatic N) is 1. The number of fused-ring (bicyclic) bond motifs is 1. The van der Waals surface area contributed by atoms with Crippen molar-refractivity contribution in [3.8, 4) is 0 Å². The number of nitrogens with two attached hydrogens (primary N) is 1. The maximum Gasteiger partial charge on any atom is 0.0967 e. The summed E-state index contributed by atoms with van der Waals surface area (Å²) in [7, 11) is 0. The van der Waals surface area contributed by atoms with Crippen LogP contribution in [0, 0.1) is 6.92 Å². The summed E-state index contributed by atoms with van der Waals surface area (Å²) in [5.74, 6) is 0. The van der Waals surface area contributed by atoms with Crippen LogP contribution in [0.15, 0.2) is 18.2 Å². The van der Waals surface area contributed by atoms with Gasteiger partial charge in [-0.15, -0.1) is 11.3 Å². The highest BCUT2D eigenvalue weighted by atomic mass is 32.1. The predicted octanol–water partition coefficient (Wildman–Crippen LogP) is 1.86. The van der Waals surface area contributed by atoms with Gasteiger partial charge in [0, 0.05) is 13.0 Å². The van der Waals surface area contributed by atoms with Crippen molar-refractivity contribution in [2.45, 2.75) is 25.9 Å². The van der Waals surface area contributed by atoms with Gasteiger partial charge in [-0.05, 0) is 31.5 Å². The quantitative estimate of drug-likeness (QED) is 0.855. The Labute approximate surface area is 98.9 Å². The Morgan fingerprint density at radius 2 is 2.25 bits per heavy atom. The van der Waals surface area contributed by atoms with Gasteiger partial charge in [0.25, 0.3) is 0 Å². The summed E-state index contributed by atoms with van der Waals surface area (Å²) in [6.45, 7) is 4.06. The monoisotopic (exact) mass is 236 g/mol. The lowest BCUT2D eigenvalue weighted by molar-refractivity contribution is 0.0696. The normalized spacial score (nSPS) is 15.2. The summed E-state index contributed by atoms with van der Waals surface area (Å²) >= 11 is 1.63. The molecule has 0 bridgehead atoms. The fourth-order valence-electron chi connectivity index (χ4n) is 1.55. The third-order valence-corrected chi connectivity index (χ3v) is 3.58. The molecule has 0 aliphatic carbocycles. The Hall–Kier alpha value is -0.970. The smallest absolute Gasteiger partial charge is 0.0967 e. The van der Waals surface area contributed by atoms with Gasteiger partial charge in [-0.25, -0.2) is 4.98 Å². The van der Waals surface area contributed by atoms with Gasteiger partial charge >= 0.3 is 0 Å². The van der Waals surface area contributed by atoms with Crippen molar-refractivity contribution in [3.05, 3.63) is 28.8 Å². The van der Waals surface area contributed by atoms with E-state index in [1.54, 1.807) is 18.3 Å². The second-order valence-corrected chi connectivity index (χ2v) is 5.57. The molecule has 16 heavy (non-hydrogen) atoms. The highest BCUT2D eigenvalue weighted by Crippen LogP contribution is 2.25. The molecule has 1 unspecified atom stereocenters. The molecule has 2 rings (SSSR count). The van der Waals surface area contributed by atoms with E-state index in [9.17, 15) is 5.11 Å². The fraction of sp³-hybridized carbons (Fsp3) is 0.417. The number of aliphatic hydroxyl groups is 1. The summed E-state index contributed by atoms with van der Waals surface area (Å²) in [5.41, 5.74) is 6.87. The van der Waals surface area contributed by atoms with E-state index in [-0.39, 0.29) is 6.54 Å². The molecule has 4 heteroatoms. The van der Waals surface area contributed by atoms with Gasteiger partial charge in [0.2, 0.25) is 0 Å². The van der Waals surface area contributed by atoms with Gasteiger partial charge in [0.1, 0.15) is 0 Å². The summed E-state index contributed by atoms with van der Waals surface area (Å²) in [6, 6.07) is 6.18. The summed E-state index contributed by atoms with van der Waals surface area (Å²) in [6.07, 6.45) is 0.516. The van der Waals surface area contributed by atoms with Gasteiger partial charge in [0.15, 0.2) is 0 Å². The SMILES string of the molecule is Cc1ccc2nc(CC(C)(O)CN)sc2c1. The van der Waals surface area contributed by atoms with E-state index in [2.05, 4.69) is 18.0 Å². The van der Waals surface area contributed by atoms with E-state index in [1.165, 1.54) is 10.3 Å². The molecule has 0 spiro atoms. The minimum atomic E-state index is -0.858. The van der Waals surface area contributed by atoms with E-state index < -0.39 is 5.60 Å². The molecule has 0 fully saturated rings. The zero-order chi connectivity index (χ0) is 11.8. The van der Waals surface area contributed by atoms with E-state index in [0.29, 0.717) is 6.42 Å². The molecule has 2 aromatic rings. The first kappa shape index (κ1) is 11.5. The van der Waals surface area contributed by atoms with Crippen molar-refractivity contribution in [1.82, 2.24) is 4.98 Å². The average molecular weight is 236 g/mol. The van der Waals surface area contributed by atoms with Crippen LogP contribution in [0.5, 0.6) is 0 Å². The molecule has 1 atom stereocenters. The number of aromatic nitrogens is 1. The molecule has 3 nitrogen and oxygen atoms in total. The first-order valence-electron chi connectivity index (χ1n) is 5.29. The molecular formula is C12H16N2OS. The minimum absolute atomic E-state index is 0.252. The number of aryl methyl sites for hydroxylation is 1. The van der Waals surface area contributed by atoms with E-state index in [1.807, 2.05) is 12.1 Å². The first-order valence-corrected chi connectivity index (χ1v) is 6.10. The van der Waals surface area contributed by atoms with Crippen molar-refractivity contribution >= 4 is 21.6 Å². The predicted molar refractivity (Wildman–Crippen MR) is 67.7 cm³/mol. The van der Waals surface area contributed by atoms with Crippen molar-refractivity contribution in [3.63, 3.8) is 0 Å². The molecule has 3 N–H and O–H groups in total. The maximum absolute atomic E-state index is 9.90. The third-order valence-electron chi connectivity index (χ3n) is 2.56. The fourth-order valence-corrected chi connectivity index (χ4v) is 2.80. The van der Waals surface area contributed by atoms with Gasteiger partial charge in [0.05, 0.1) is 20.8 Å². The number of hydrogen-bond donors (Lipinski definition) is 2.